The van der Waals surface area contributed by atoms with Crippen molar-refractivity contribution < 1.29 is 22.6 Å². The van der Waals surface area contributed by atoms with Gasteiger partial charge in [-0.2, -0.15) is 13.2 Å². The highest BCUT2D eigenvalue weighted by atomic mass is 19.4. The largest absolute Gasteiger partial charge is 0.493 e. The smallest absolute Gasteiger partial charge is 0.422 e. The molecule has 0 aliphatic heterocycles. The Labute approximate surface area is 123 Å². The van der Waals surface area contributed by atoms with E-state index in [2.05, 4.69) is 5.32 Å². The van der Waals surface area contributed by atoms with Gasteiger partial charge in [-0.05, 0) is 12.5 Å². The fourth-order valence-corrected chi connectivity index (χ4v) is 1.60. The molecule has 0 bridgehead atoms. The molecule has 21 heavy (non-hydrogen) atoms. The highest BCUT2D eigenvalue weighted by Crippen LogP contribution is 2.27. The van der Waals surface area contributed by atoms with E-state index in [-0.39, 0.29) is 11.8 Å². The Morgan fingerprint density at radius 3 is 2.48 bits per heavy atom. The molecule has 120 valence electrons. The van der Waals surface area contributed by atoms with Gasteiger partial charge in [0.1, 0.15) is 11.5 Å². The van der Waals surface area contributed by atoms with Crippen molar-refractivity contribution in [1.82, 2.24) is 5.32 Å². The summed E-state index contributed by atoms with van der Waals surface area (Å²) in [5.74, 6) is 0.719. The van der Waals surface area contributed by atoms with E-state index in [0.717, 1.165) is 6.42 Å². The highest BCUT2D eigenvalue weighted by molar-refractivity contribution is 5.40. The van der Waals surface area contributed by atoms with E-state index in [4.69, 9.17) is 9.47 Å². The maximum atomic E-state index is 12.3. The predicted molar refractivity (Wildman–Crippen MR) is 75.8 cm³/mol. The lowest BCUT2D eigenvalue weighted by Crippen LogP contribution is -2.23. The molecule has 0 saturated carbocycles. The summed E-state index contributed by atoms with van der Waals surface area (Å²) in [6.45, 7) is 5.55. The quantitative estimate of drug-likeness (QED) is 0.790. The van der Waals surface area contributed by atoms with E-state index in [0.29, 0.717) is 24.5 Å². The van der Waals surface area contributed by atoms with Crippen molar-refractivity contribution in [3.8, 4) is 11.5 Å². The highest BCUT2D eigenvalue weighted by Gasteiger charge is 2.28. The van der Waals surface area contributed by atoms with Gasteiger partial charge in [-0.3, -0.25) is 0 Å². The Hall–Kier alpha value is -1.43. The van der Waals surface area contributed by atoms with E-state index in [1.54, 1.807) is 12.1 Å². The Morgan fingerprint density at radius 1 is 1.19 bits per heavy atom. The molecule has 6 heteroatoms. The van der Waals surface area contributed by atoms with Crippen molar-refractivity contribution >= 4 is 0 Å². The van der Waals surface area contributed by atoms with Crippen molar-refractivity contribution in [3.63, 3.8) is 0 Å². The number of nitrogens with one attached hydrogen (secondary N) is 1. The average Bonchev–Trinajstić information content (AvgIpc) is 2.40. The van der Waals surface area contributed by atoms with E-state index < -0.39 is 12.8 Å². The maximum Gasteiger partial charge on any atom is 0.422 e. The summed E-state index contributed by atoms with van der Waals surface area (Å²) in [5, 5.41) is 3.16. The van der Waals surface area contributed by atoms with Gasteiger partial charge in [-0.25, -0.2) is 0 Å². The zero-order valence-corrected chi connectivity index (χ0v) is 12.6. The second-order valence-corrected chi connectivity index (χ2v) is 5.06. The maximum absolute atomic E-state index is 12.3. The van der Waals surface area contributed by atoms with Crippen LogP contribution in [0, 0.1) is 0 Å². The zero-order valence-electron chi connectivity index (χ0n) is 12.6. The molecule has 0 fully saturated rings. The molecular formula is C15H22F3NO2. The summed E-state index contributed by atoms with van der Waals surface area (Å²) >= 11 is 0. The van der Waals surface area contributed by atoms with Crippen LogP contribution >= 0.6 is 0 Å². The molecule has 0 spiro atoms. The molecule has 1 aromatic rings. The van der Waals surface area contributed by atoms with E-state index >= 15 is 0 Å². The van der Waals surface area contributed by atoms with Crippen LogP contribution in [0.2, 0.25) is 0 Å². The number of hydrogen-bond donors (Lipinski definition) is 1. The lowest BCUT2D eigenvalue weighted by Gasteiger charge is -2.16. The molecule has 0 aliphatic rings. The summed E-state index contributed by atoms with van der Waals surface area (Å²) in [4.78, 5) is 0. The molecule has 0 atom stereocenters. The lowest BCUT2D eigenvalue weighted by molar-refractivity contribution is -0.153. The first kappa shape index (κ1) is 17.6. The van der Waals surface area contributed by atoms with Crippen LogP contribution in [0.4, 0.5) is 13.2 Å². The van der Waals surface area contributed by atoms with E-state index in [1.165, 1.54) is 6.07 Å². The third kappa shape index (κ3) is 7.22. The number of alkyl halides is 3. The van der Waals surface area contributed by atoms with Crippen molar-refractivity contribution in [2.45, 2.75) is 46.0 Å². The molecule has 0 radical (unpaired) electrons. The predicted octanol–water partition coefficient (Wildman–Crippen LogP) is 3.91. The van der Waals surface area contributed by atoms with Gasteiger partial charge >= 0.3 is 6.18 Å². The number of ether oxygens (including phenoxy) is 2. The number of hydrogen-bond acceptors (Lipinski definition) is 3. The van der Waals surface area contributed by atoms with Gasteiger partial charge in [-0.15, -0.1) is 0 Å². The first-order valence-corrected chi connectivity index (χ1v) is 7.00. The minimum Gasteiger partial charge on any atom is -0.493 e. The van der Waals surface area contributed by atoms with Gasteiger partial charge in [0, 0.05) is 24.2 Å². The van der Waals surface area contributed by atoms with Crippen LogP contribution in [0.3, 0.4) is 0 Å². The molecule has 0 unspecified atom stereocenters. The third-order valence-corrected chi connectivity index (χ3v) is 2.60. The molecule has 0 heterocycles. The first-order chi connectivity index (χ1) is 9.81. The molecule has 1 rings (SSSR count). The second-order valence-electron chi connectivity index (χ2n) is 5.06. The third-order valence-electron chi connectivity index (χ3n) is 2.60. The SMILES string of the molecule is CCCOc1ccc(CNC(C)C)c(OCC(F)(F)F)c1. The fourth-order valence-electron chi connectivity index (χ4n) is 1.60. The van der Waals surface area contributed by atoms with Crippen LogP contribution in [-0.4, -0.2) is 25.4 Å². The Morgan fingerprint density at radius 2 is 1.90 bits per heavy atom. The molecule has 0 aromatic heterocycles. The summed E-state index contributed by atoms with van der Waals surface area (Å²) in [6, 6.07) is 5.22. The second kappa shape index (κ2) is 8.12. The molecule has 0 aliphatic carbocycles. The van der Waals surface area contributed by atoms with Gasteiger partial charge in [0.15, 0.2) is 6.61 Å². The van der Waals surface area contributed by atoms with Crippen molar-refractivity contribution in [1.29, 1.82) is 0 Å². The zero-order chi connectivity index (χ0) is 15.9. The van der Waals surface area contributed by atoms with Crippen molar-refractivity contribution in [2.75, 3.05) is 13.2 Å². The summed E-state index contributed by atoms with van der Waals surface area (Å²) in [7, 11) is 0. The number of rotatable bonds is 8. The van der Waals surface area contributed by atoms with E-state index in [1.807, 2.05) is 20.8 Å². The van der Waals surface area contributed by atoms with Gasteiger partial charge < -0.3 is 14.8 Å². The molecule has 0 amide bonds. The molecule has 0 saturated heterocycles. The Kier molecular flexibility index (Phi) is 6.81. The summed E-state index contributed by atoms with van der Waals surface area (Å²) in [5.41, 5.74) is 0.678. The number of halogens is 3. The van der Waals surface area contributed by atoms with Gasteiger partial charge in [0.2, 0.25) is 0 Å². The standard InChI is InChI=1S/C15H22F3NO2/c1-4-7-20-13-6-5-12(9-19-11(2)3)14(8-13)21-10-15(16,17)18/h5-6,8,11,19H,4,7,9-10H2,1-3H3. The fraction of sp³-hybridized carbons (Fsp3) is 0.600. The van der Waals surface area contributed by atoms with Crippen LogP contribution in [0.15, 0.2) is 18.2 Å². The van der Waals surface area contributed by atoms with Crippen molar-refractivity contribution in [2.24, 2.45) is 0 Å². The van der Waals surface area contributed by atoms with Crippen LogP contribution in [0.1, 0.15) is 32.8 Å². The van der Waals surface area contributed by atoms with Crippen molar-refractivity contribution in [3.05, 3.63) is 23.8 Å². The Balaban J connectivity index is 2.83. The van der Waals surface area contributed by atoms with Crippen LogP contribution < -0.4 is 14.8 Å². The van der Waals surface area contributed by atoms with Gasteiger partial charge in [0.05, 0.1) is 6.61 Å². The normalized spacial score (nSPS) is 11.8. The molecule has 1 N–H and O–H groups in total. The van der Waals surface area contributed by atoms with E-state index in [9.17, 15) is 13.2 Å². The van der Waals surface area contributed by atoms with Crippen LogP contribution in [0.5, 0.6) is 11.5 Å². The molecular weight excluding hydrogens is 283 g/mol. The minimum absolute atomic E-state index is 0.203. The average molecular weight is 305 g/mol. The topological polar surface area (TPSA) is 30.5 Å². The summed E-state index contributed by atoms with van der Waals surface area (Å²) in [6.07, 6.45) is -3.53. The molecule has 3 nitrogen and oxygen atoms in total. The first-order valence-electron chi connectivity index (χ1n) is 7.00. The van der Waals surface area contributed by atoms with Gasteiger partial charge in [-0.1, -0.05) is 26.8 Å². The van der Waals surface area contributed by atoms with Crippen LogP contribution in [0.25, 0.3) is 0 Å². The minimum atomic E-state index is -4.36. The lowest BCUT2D eigenvalue weighted by atomic mass is 10.2. The van der Waals surface area contributed by atoms with Gasteiger partial charge in [0.25, 0.3) is 0 Å². The van der Waals surface area contributed by atoms with Crippen LogP contribution in [-0.2, 0) is 6.54 Å². The monoisotopic (exact) mass is 305 g/mol. The Bertz CT molecular complexity index is 433. The molecule has 1 aromatic carbocycles. The number of benzene rings is 1. The summed E-state index contributed by atoms with van der Waals surface area (Å²) < 4.78 is 47.3.